The Morgan fingerprint density at radius 1 is 1.25 bits per heavy atom. The summed E-state index contributed by atoms with van der Waals surface area (Å²) >= 11 is 0. The van der Waals surface area contributed by atoms with Gasteiger partial charge in [-0.1, -0.05) is 25.1 Å². The van der Waals surface area contributed by atoms with Crippen LogP contribution in [0.5, 0.6) is 11.6 Å². The zero-order valence-corrected chi connectivity index (χ0v) is 15.9. The number of carbonyl (C=O) groups excluding carboxylic acids is 1. The van der Waals surface area contributed by atoms with Crippen LogP contribution in [-0.4, -0.2) is 39.9 Å². The van der Waals surface area contributed by atoms with Gasteiger partial charge in [0.1, 0.15) is 11.8 Å². The number of hydrogen-bond acceptors (Lipinski definition) is 5. The quantitative estimate of drug-likeness (QED) is 0.680. The van der Waals surface area contributed by atoms with Gasteiger partial charge in [0.15, 0.2) is 11.4 Å². The summed E-state index contributed by atoms with van der Waals surface area (Å²) in [7, 11) is 0. The minimum absolute atomic E-state index is 0.164. The second kappa shape index (κ2) is 7.72. The Morgan fingerprint density at radius 3 is 2.86 bits per heavy atom. The molecule has 1 aromatic carbocycles. The number of rotatable bonds is 5. The second-order valence-electron chi connectivity index (χ2n) is 6.64. The number of anilines is 1. The van der Waals surface area contributed by atoms with Crippen molar-refractivity contribution in [2.24, 2.45) is 0 Å². The maximum Gasteiger partial charge on any atom is 0.282 e. The lowest BCUT2D eigenvalue weighted by atomic mass is 10.2. The van der Waals surface area contributed by atoms with Crippen molar-refractivity contribution in [1.29, 1.82) is 0 Å². The standard InChI is InChI=1S/C21H22N4O3/c1-3-12-27-18-14-25(16-8-5-4-6-9-16)23-19(18)21(26)24-13-15(2)28-20-17(24)10-7-11-22-20/h4-11,14-15H,3,12-13H2,1-2H3/t15-/m1/s1. The van der Waals surface area contributed by atoms with E-state index >= 15 is 0 Å². The molecular formula is C21H22N4O3. The van der Waals surface area contributed by atoms with Gasteiger partial charge in [-0.25, -0.2) is 9.67 Å². The van der Waals surface area contributed by atoms with E-state index in [2.05, 4.69) is 10.1 Å². The Labute approximate surface area is 163 Å². The van der Waals surface area contributed by atoms with Crippen molar-refractivity contribution in [3.05, 3.63) is 60.6 Å². The number of hydrogen-bond donors (Lipinski definition) is 0. The maximum absolute atomic E-state index is 13.4. The summed E-state index contributed by atoms with van der Waals surface area (Å²) < 4.78 is 13.3. The number of amides is 1. The fourth-order valence-electron chi connectivity index (χ4n) is 3.12. The molecule has 7 nitrogen and oxygen atoms in total. The smallest absolute Gasteiger partial charge is 0.282 e. The minimum atomic E-state index is -0.231. The van der Waals surface area contributed by atoms with Crippen molar-refractivity contribution in [2.75, 3.05) is 18.1 Å². The molecule has 2 aromatic heterocycles. The van der Waals surface area contributed by atoms with Crippen LogP contribution in [0, 0.1) is 0 Å². The van der Waals surface area contributed by atoms with Crippen molar-refractivity contribution < 1.29 is 14.3 Å². The Kier molecular flexibility index (Phi) is 4.97. The number of nitrogens with zero attached hydrogens (tertiary/aromatic N) is 4. The van der Waals surface area contributed by atoms with E-state index in [9.17, 15) is 4.79 Å². The third-order valence-corrected chi connectivity index (χ3v) is 4.41. The van der Waals surface area contributed by atoms with Crippen molar-refractivity contribution in [3.63, 3.8) is 0 Å². The molecule has 1 aliphatic rings. The largest absolute Gasteiger partial charge is 0.489 e. The minimum Gasteiger partial charge on any atom is -0.489 e. The van der Waals surface area contributed by atoms with E-state index in [1.54, 1.807) is 28.0 Å². The predicted octanol–water partition coefficient (Wildman–Crippen LogP) is 3.48. The van der Waals surface area contributed by atoms with Gasteiger partial charge in [0.2, 0.25) is 5.88 Å². The highest BCUT2D eigenvalue weighted by Gasteiger charge is 2.32. The van der Waals surface area contributed by atoms with Gasteiger partial charge in [-0.3, -0.25) is 9.69 Å². The number of ether oxygens (including phenoxy) is 2. The topological polar surface area (TPSA) is 69.5 Å². The zero-order chi connectivity index (χ0) is 19.5. The molecule has 3 aromatic rings. The normalized spacial score (nSPS) is 15.6. The Hall–Kier alpha value is -3.35. The van der Waals surface area contributed by atoms with E-state index in [0.717, 1.165) is 12.1 Å². The van der Waals surface area contributed by atoms with Crippen molar-refractivity contribution >= 4 is 11.6 Å². The highest BCUT2D eigenvalue weighted by molar-refractivity contribution is 6.07. The lowest BCUT2D eigenvalue weighted by molar-refractivity contribution is 0.0949. The third-order valence-electron chi connectivity index (χ3n) is 4.41. The van der Waals surface area contributed by atoms with Crippen LogP contribution < -0.4 is 14.4 Å². The van der Waals surface area contributed by atoms with E-state index in [1.807, 2.05) is 50.2 Å². The van der Waals surface area contributed by atoms with Crippen LogP contribution in [0.15, 0.2) is 54.9 Å². The molecule has 3 heterocycles. The van der Waals surface area contributed by atoms with Crippen molar-refractivity contribution in [3.8, 4) is 17.3 Å². The molecule has 1 atom stereocenters. The number of carbonyl (C=O) groups is 1. The molecule has 1 amide bonds. The van der Waals surface area contributed by atoms with Crippen molar-refractivity contribution in [2.45, 2.75) is 26.4 Å². The molecule has 4 rings (SSSR count). The number of benzene rings is 1. The second-order valence-corrected chi connectivity index (χ2v) is 6.64. The van der Waals surface area contributed by atoms with E-state index in [-0.39, 0.29) is 17.7 Å². The van der Waals surface area contributed by atoms with Crippen LogP contribution in [0.2, 0.25) is 0 Å². The maximum atomic E-state index is 13.4. The molecule has 0 saturated heterocycles. The lowest BCUT2D eigenvalue weighted by Crippen LogP contribution is -2.43. The summed E-state index contributed by atoms with van der Waals surface area (Å²) in [6, 6.07) is 13.3. The zero-order valence-electron chi connectivity index (χ0n) is 15.9. The van der Waals surface area contributed by atoms with Crippen LogP contribution >= 0.6 is 0 Å². The molecule has 0 bridgehead atoms. The molecule has 28 heavy (non-hydrogen) atoms. The SMILES string of the molecule is CCCOc1cn(-c2ccccc2)nc1C(=O)N1C[C@@H](C)Oc2ncccc21. The highest BCUT2D eigenvalue weighted by atomic mass is 16.5. The summed E-state index contributed by atoms with van der Waals surface area (Å²) in [6.07, 6.45) is 4.08. The highest BCUT2D eigenvalue weighted by Crippen LogP contribution is 2.33. The number of fused-ring (bicyclic) bond motifs is 1. The Morgan fingerprint density at radius 2 is 2.07 bits per heavy atom. The van der Waals surface area contributed by atoms with E-state index < -0.39 is 0 Å². The van der Waals surface area contributed by atoms with Crippen LogP contribution in [0.3, 0.4) is 0 Å². The van der Waals surface area contributed by atoms with Crippen LogP contribution in [0.1, 0.15) is 30.8 Å². The average molecular weight is 378 g/mol. The van der Waals surface area contributed by atoms with Gasteiger partial charge in [0.05, 0.1) is 25.0 Å². The van der Waals surface area contributed by atoms with Crippen LogP contribution in [0.25, 0.3) is 5.69 Å². The summed E-state index contributed by atoms with van der Waals surface area (Å²) in [5, 5.41) is 4.55. The van der Waals surface area contributed by atoms with Gasteiger partial charge in [0.25, 0.3) is 5.91 Å². The van der Waals surface area contributed by atoms with Gasteiger partial charge in [-0.15, -0.1) is 0 Å². The molecule has 0 radical (unpaired) electrons. The molecule has 144 valence electrons. The summed E-state index contributed by atoms with van der Waals surface area (Å²) in [6.45, 7) is 4.87. The van der Waals surface area contributed by atoms with E-state index in [4.69, 9.17) is 9.47 Å². The number of aromatic nitrogens is 3. The molecule has 0 saturated carbocycles. The summed E-state index contributed by atoms with van der Waals surface area (Å²) in [4.78, 5) is 19.3. The molecular weight excluding hydrogens is 356 g/mol. The monoisotopic (exact) mass is 378 g/mol. The van der Waals surface area contributed by atoms with Gasteiger partial charge in [-0.2, -0.15) is 5.10 Å². The van der Waals surface area contributed by atoms with Gasteiger partial charge >= 0.3 is 0 Å². The first-order valence-corrected chi connectivity index (χ1v) is 9.38. The molecule has 0 spiro atoms. The third kappa shape index (κ3) is 3.43. The Bertz CT molecular complexity index is 971. The summed E-state index contributed by atoms with van der Waals surface area (Å²) in [5.74, 6) is 0.693. The van der Waals surface area contributed by atoms with Gasteiger partial charge in [-0.05, 0) is 37.6 Å². The van der Waals surface area contributed by atoms with Gasteiger partial charge < -0.3 is 9.47 Å². The molecule has 0 aliphatic carbocycles. The fraction of sp³-hybridized carbons (Fsp3) is 0.286. The van der Waals surface area contributed by atoms with Gasteiger partial charge in [0, 0.05) is 6.20 Å². The van der Waals surface area contributed by atoms with Crippen molar-refractivity contribution in [1.82, 2.24) is 14.8 Å². The van der Waals surface area contributed by atoms with Crippen LogP contribution in [-0.2, 0) is 0 Å². The predicted molar refractivity (Wildman–Crippen MR) is 105 cm³/mol. The molecule has 0 fully saturated rings. The Balaban J connectivity index is 1.73. The molecule has 1 aliphatic heterocycles. The van der Waals surface area contributed by atoms with Crippen LogP contribution in [0.4, 0.5) is 5.69 Å². The molecule has 0 N–H and O–H groups in total. The number of para-hydroxylation sites is 1. The first-order valence-electron chi connectivity index (χ1n) is 9.38. The first kappa shape index (κ1) is 18.0. The lowest BCUT2D eigenvalue weighted by Gasteiger charge is -2.32. The molecule has 0 unspecified atom stereocenters. The molecule has 7 heteroatoms. The number of pyridine rings is 1. The van der Waals surface area contributed by atoms with E-state index in [1.165, 1.54) is 0 Å². The summed E-state index contributed by atoms with van der Waals surface area (Å²) in [5.41, 5.74) is 1.78. The average Bonchev–Trinajstić information content (AvgIpc) is 3.16. The van der Waals surface area contributed by atoms with E-state index in [0.29, 0.717) is 30.5 Å². The first-order chi connectivity index (χ1) is 13.7. The fourth-order valence-corrected chi connectivity index (χ4v) is 3.12.